The number of pyridine rings is 2. The summed E-state index contributed by atoms with van der Waals surface area (Å²) in [6, 6.07) is 30.9. The number of benzene rings is 4. The Morgan fingerprint density at radius 2 is 0.896 bits per heavy atom. The Hall–Kier alpha value is -5.94. The Balaban J connectivity index is 0.000000199. The number of hydrogen-bond donors (Lipinski definition) is 5. The SMILES string of the molecule is CN1CCN(Cc2ccc(C(=O)Nc3ccc(Cl)cc3C(=O)Nc3ccc(Cl)cn3)cc2)CC1.O=C(Nc1ccc(Cl)cc1C(=O)Nc1ccc(Cl)cn1)c1ccc(CN2CCNCC2)cc1. The van der Waals surface area contributed by atoms with Crippen molar-refractivity contribution in [3.8, 4) is 0 Å². The largest absolute Gasteiger partial charge is 0.321 e. The van der Waals surface area contributed by atoms with Crippen LogP contribution in [0.2, 0.25) is 20.1 Å². The third-order valence-electron chi connectivity index (χ3n) is 10.9. The second-order valence-corrected chi connectivity index (χ2v) is 17.7. The highest BCUT2D eigenvalue weighted by molar-refractivity contribution is 6.32. The first-order valence-corrected chi connectivity index (χ1v) is 23.0. The van der Waals surface area contributed by atoms with Gasteiger partial charge in [-0.15, -0.1) is 0 Å². The lowest BCUT2D eigenvalue weighted by molar-refractivity contribution is 0.101. The molecular formula is C49H48Cl4N10O4. The second-order valence-electron chi connectivity index (χ2n) is 15.9. The number of nitrogens with one attached hydrogen (secondary N) is 5. The van der Waals surface area contributed by atoms with Gasteiger partial charge in [-0.25, -0.2) is 9.97 Å². The van der Waals surface area contributed by atoms with Crippen LogP contribution in [0, 0.1) is 0 Å². The summed E-state index contributed by atoms with van der Waals surface area (Å²) in [7, 11) is 2.13. The van der Waals surface area contributed by atoms with Gasteiger partial charge in [-0.2, -0.15) is 0 Å². The van der Waals surface area contributed by atoms with Crippen LogP contribution in [0.4, 0.5) is 23.0 Å². The molecule has 2 aliphatic rings. The van der Waals surface area contributed by atoms with Gasteiger partial charge in [-0.05, 0) is 103 Å². The number of likely N-dealkylation sites (N-methyl/N-ethyl adjacent to an activating group) is 1. The number of amides is 4. The van der Waals surface area contributed by atoms with E-state index in [0.717, 1.165) is 76.6 Å². The highest BCUT2D eigenvalue weighted by atomic mass is 35.5. The second kappa shape index (κ2) is 23.7. The molecule has 4 amide bonds. The highest BCUT2D eigenvalue weighted by Crippen LogP contribution is 2.25. The van der Waals surface area contributed by atoms with E-state index in [0.29, 0.717) is 54.2 Å². The fourth-order valence-corrected chi connectivity index (χ4v) is 7.76. The van der Waals surface area contributed by atoms with Gasteiger partial charge in [0.25, 0.3) is 23.6 Å². The molecule has 2 aromatic heterocycles. The number of halogens is 4. The van der Waals surface area contributed by atoms with E-state index < -0.39 is 11.8 Å². The molecule has 4 aromatic carbocycles. The van der Waals surface area contributed by atoms with Crippen LogP contribution in [0.1, 0.15) is 52.6 Å². The summed E-state index contributed by atoms with van der Waals surface area (Å²) in [5.41, 5.74) is 4.46. The summed E-state index contributed by atoms with van der Waals surface area (Å²) in [5, 5.41) is 16.0. The minimum Gasteiger partial charge on any atom is -0.321 e. The van der Waals surface area contributed by atoms with E-state index in [2.05, 4.69) is 58.3 Å². The van der Waals surface area contributed by atoms with Crippen molar-refractivity contribution in [1.82, 2.24) is 30.0 Å². The zero-order valence-electron chi connectivity index (χ0n) is 36.5. The standard InChI is InChI=1S/C25H25Cl2N5O2.C24H23Cl2N5O2/c1-31-10-12-32(13-11-31)16-17-2-4-18(5-3-17)24(33)29-22-8-6-19(26)14-21(22)25(34)30-23-9-7-20(27)15-28-23;25-18-5-7-21(20(13-18)24(33)30-22-8-6-19(26)14-28-22)29-23(32)17-3-1-16(2-4-17)15-31-11-9-27-10-12-31/h2-9,14-15H,10-13,16H2,1H3,(H,29,33)(H,28,30,34);1-8,13-14,27H,9-12,15H2,(H,29,32)(H,28,30,33). The van der Waals surface area contributed by atoms with Crippen molar-refractivity contribution in [3.63, 3.8) is 0 Å². The third-order valence-corrected chi connectivity index (χ3v) is 11.9. The van der Waals surface area contributed by atoms with Gasteiger partial charge in [0.1, 0.15) is 11.6 Å². The predicted octanol–water partition coefficient (Wildman–Crippen LogP) is 8.94. The molecule has 0 spiro atoms. The summed E-state index contributed by atoms with van der Waals surface area (Å²) in [5.74, 6) is -0.856. The van der Waals surface area contributed by atoms with Crippen LogP contribution in [0.3, 0.4) is 0 Å². The fourth-order valence-electron chi connectivity index (χ4n) is 7.20. The number of aromatic nitrogens is 2. The van der Waals surface area contributed by atoms with Crippen molar-refractivity contribution in [2.45, 2.75) is 13.1 Å². The molecule has 0 aliphatic carbocycles. The summed E-state index contributed by atoms with van der Waals surface area (Å²) in [6.45, 7) is 9.90. The smallest absolute Gasteiger partial charge is 0.258 e. The molecule has 8 rings (SSSR count). The van der Waals surface area contributed by atoms with Crippen molar-refractivity contribution in [2.24, 2.45) is 0 Å². The molecule has 0 saturated carbocycles. The Morgan fingerprint density at radius 1 is 0.493 bits per heavy atom. The normalized spacial score (nSPS) is 14.3. The summed E-state index contributed by atoms with van der Waals surface area (Å²) >= 11 is 23.9. The van der Waals surface area contributed by atoms with Crippen LogP contribution in [-0.2, 0) is 13.1 Å². The average molecular weight is 983 g/mol. The Morgan fingerprint density at radius 3 is 1.30 bits per heavy atom. The highest BCUT2D eigenvalue weighted by Gasteiger charge is 2.19. The lowest BCUT2D eigenvalue weighted by Crippen LogP contribution is -2.43. The first kappa shape index (κ1) is 49.0. The third kappa shape index (κ3) is 14.5. The Bertz CT molecular complexity index is 2660. The average Bonchev–Trinajstić information content (AvgIpc) is 3.33. The van der Waals surface area contributed by atoms with Crippen LogP contribution < -0.4 is 26.6 Å². The molecule has 5 N–H and O–H groups in total. The molecule has 2 saturated heterocycles. The number of carbonyl (C=O) groups excluding carboxylic acids is 4. The van der Waals surface area contributed by atoms with E-state index in [-0.39, 0.29) is 22.9 Å². The number of hydrogen-bond acceptors (Lipinski definition) is 10. The number of anilines is 4. The number of piperazine rings is 2. The van der Waals surface area contributed by atoms with Gasteiger partial charge in [-0.3, -0.25) is 29.0 Å². The molecule has 6 aromatic rings. The van der Waals surface area contributed by atoms with Crippen molar-refractivity contribution >= 4 is 93.0 Å². The quantitative estimate of drug-likeness (QED) is 0.0800. The van der Waals surface area contributed by atoms with Gasteiger partial charge in [0.15, 0.2) is 0 Å². The molecule has 67 heavy (non-hydrogen) atoms. The van der Waals surface area contributed by atoms with Crippen LogP contribution in [-0.4, -0.2) is 108 Å². The molecule has 4 heterocycles. The zero-order valence-corrected chi connectivity index (χ0v) is 39.5. The van der Waals surface area contributed by atoms with Crippen molar-refractivity contribution in [3.05, 3.63) is 175 Å². The number of carbonyl (C=O) groups is 4. The van der Waals surface area contributed by atoms with Gasteiger partial charge in [0.05, 0.1) is 32.5 Å². The molecule has 0 unspecified atom stereocenters. The maximum Gasteiger partial charge on any atom is 0.258 e. The van der Waals surface area contributed by atoms with Crippen molar-refractivity contribution < 1.29 is 19.2 Å². The van der Waals surface area contributed by atoms with Gasteiger partial charge in [0.2, 0.25) is 0 Å². The van der Waals surface area contributed by atoms with Crippen LogP contribution in [0.15, 0.2) is 122 Å². The molecular weight excluding hydrogens is 934 g/mol. The van der Waals surface area contributed by atoms with E-state index in [4.69, 9.17) is 46.4 Å². The number of nitrogens with zero attached hydrogens (tertiary/aromatic N) is 5. The lowest BCUT2D eigenvalue weighted by atomic mass is 10.1. The van der Waals surface area contributed by atoms with Gasteiger partial charge in [0, 0.05) is 99.0 Å². The topological polar surface area (TPSA) is 164 Å². The summed E-state index contributed by atoms with van der Waals surface area (Å²) in [6.07, 6.45) is 2.87. The first-order chi connectivity index (χ1) is 32.3. The minimum absolute atomic E-state index is 0.225. The monoisotopic (exact) mass is 980 g/mol. The zero-order chi connectivity index (χ0) is 47.3. The van der Waals surface area contributed by atoms with E-state index in [1.807, 2.05) is 24.3 Å². The van der Waals surface area contributed by atoms with Gasteiger partial charge >= 0.3 is 0 Å². The van der Waals surface area contributed by atoms with Crippen molar-refractivity contribution in [1.29, 1.82) is 0 Å². The molecule has 18 heteroatoms. The molecule has 0 radical (unpaired) electrons. The molecule has 2 fully saturated rings. The predicted molar refractivity (Wildman–Crippen MR) is 267 cm³/mol. The van der Waals surface area contributed by atoms with E-state index >= 15 is 0 Å². The molecule has 0 atom stereocenters. The number of rotatable bonds is 12. The van der Waals surface area contributed by atoms with E-state index in [1.54, 1.807) is 72.8 Å². The first-order valence-electron chi connectivity index (χ1n) is 21.4. The Kier molecular flexibility index (Phi) is 17.3. The van der Waals surface area contributed by atoms with Gasteiger partial charge < -0.3 is 31.5 Å². The molecule has 346 valence electrons. The van der Waals surface area contributed by atoms with Crippen LogP contribution in [0.5, 0.6) is 0 Å². The molecule has 0 bridgehead atoms. The maximum absolute atomic E-state index is 12.9. The van der Waals surface area contributed by atoms with Crippen molar-refractivity contribution in [2.75, 3.05) is 80.7 Å². The lowest BCUT2D eigenvalue weighted by Gasteiger charge is -2.32. The molecule has 2 aliphatic heterocycles. The fraction of sp³-hybridized carbons (Fsp3) is 0.224. The Labute approximate surface area is 409 Å². The van der Waals surface area contributed by atoms with Gasteiger partial charge in [-0.1, -0.05) is 70.7 Å². The molecule has 14 nitrogen and oxygen atoms in total. The van der Waals surface area contributed by atoms with E-state index in [9.17, 15) is 19.2 Å². The van der Waals surface area contributed by atoms with Crippen LogP contribution >= 0.6 is 46.4 Å². The summed E-state index contributed by atoms with van der Waals surface area (Å²) in [4.78, 5) is 66.6. The van der Waals surface area contributed by atoms with Crippen LogP contribution in [0.25, 0.3) is 0 Å². The maximum atomic E-state index is 12.9. The van der Waals surface area contributed by atoms with E-state index in [1.165, 1.54) is 24.5 Å². The summed E-state index contributed by atoms with van der Waals surface area (Å²) < 4.78 is 0. The minimum atomic E-state index is -0.450.